The minimum atomic E-state index is -0.470. The van der Waals surface area contributed by atoms with Gasteiger partial charge in [-0.15, -0.1) is 0 Å². The molecule has 2 rings (SSSR count). The van der Waals surface area contributed by atoms with Crippen molar-refractivity contribution in [1.82, 2.24) is 15.8 Å². The summed E-state index contributed by atoms with van der Waals surface area (Å²) in [5, 5.41) is 0. The number of H-pyrrole nitrogens is 1. The number of ether oxygens (including phenoxy) is 2. The smallest absolute Gasteiger partial charge is 0.286 e. The standard InChI is InChI=1S/C16H17N3O4/c1-22-12-7-5-11(14(10-12)23-2)6-8-15(20)18-19-16(21)13-4-3-9-17-13/h3-10,17H,1-2H3,(H,18,20)(H,19,21)/b8-6+. The van der Waals surface area contributed by atoms with Crippen LogP contribution in [0.2, 0.25) is 0 Å². The van der Waals surface area contributed by atoms with Crippen molar-refractivity contribution in [3.8, 4) is 11.5 Å². The van der Waals surface area contributed by atoms with Crippen molar-refractivity contribution in [2.45, 2.75) is 0 Å². The highest BCUT2D eigenvalue weighted by molar-refractivity contribution is 5.97. The summed E-state index contributed by atoms with van der Waals surface area (Å²) in [6.45, 7) is 0. The van der Waals surface area contributed by atoms with Crippen LogP contribution in [0.5, 0.6) is 11.5 Å². The van der Waals surface area contributed by atoms with Gasteiger partial charge in [0, 0.05) is 23.9 Å². The van der Waals surface area contributed by atoms with E-state index in [1.54, 1.807) is 49.7 Å². The molecule has 1 aromatic carbocycles. The number of carbonyl (C=O) groups excluding carboxylic acids is 2. The fourth-order valence-electron chi connectivity index (χ4n) is 1.82. The van der Waals surface area contributed by atoms with Gasteiger partial charge in [0.15, 0.2) is 0 Å². The lowest BCUT2D eigenvalue weighted by Gasteiger charge is -2.07. The molecule has 0 fully saturated rings. The van der Waals surface area contributed by atoms with Crippen LogP contribution >= 0.6 is 0 Å². The summed E-state index contributed by atoms with van der Waals surface area (Å²) in [4.78, 5) is 26.1. The molecule has 0 aliphatic heterocycles. The minimum Gasteiger partial charge on any atom is -0.497 e. The number of aromatic nitrogens is 1. The number of nitrogens with one attached hydrogen (secondary N) is 3. The van der Waals surface area contributed by atoms with Gasteiger partial charge < -0.3 is 14.5 Å². The first-order valence-corrected chi connectivity index (χ1v) is 6.78. The first-order chi connectivity index (χ1) is 11.1. The molecule has 0 radical (unpaired) electrons. The Hall–Kier alpha value is -3.22. The molecule has 0 aliphatic carbocycles. The molecule has 2 amide bonds. The van der Waals surface area contributed by atoms with Gasteiger partial charge >= 0.3 is 0 Å². The molecule has 7 nitrogen and oxygen atoms in total. The third-order valence-corrected chi connectivity index (χ3v) is 3.00. The Balaban J connectivity index is 1.94. The monoisotopic (exact) mass is 315 g/mol. The lowest BCUT2D eigenvalue weighted by molar-refractivity contribution is -0.117. The maximum absolute atomic E-state index is 11.7. The number of hydrogen-bond donors (Lipinski definition) is 3. The Kier molecular flexibility index (Phi) is 5.40. The van der Waals surface area contributed by atoms with E-state index in [1.807, 2.05) is 0 Å². The van der Waals surface area contributed by atoms with Crippen molar-refractivity contribution in [3.05, 3.63) is 53.9 Å². The van der Waals surface area contributed by atoms with E-state index >= 15 is 0 Å². The number of rotatable bonds is 5. The molecule has 0 spiro atoms. The van der Waals surface area contributed by atoms with Crippen LogP contribution in [0.4, 0.5) is 0 Å². The van der Waals surface area contributed by atoms with Gasteiger partial charge in [0.25, 0.3) is 11.8 Å². The predicted molar refractivity (Wildman–Crippen MR) is 85.0 cm³/mol. The van der Waals surface area contributed by atoms with E-state index in [-0.39, 0.29) is 0 Å². The number of methoxy groups -OCH3 is 2. The second kappa shape index (κ2) is 7.69. The number of amides is 2. The summed E-state index contributed by atoms with van der Waals surface area (Å²) < 4.78 is 10.3. The first-order valence-electron chi connectivity index (χ1n) is 6.78. The number of hydrazine groups is 1. The van der Waals surface area contributed by atoms with E-state index in [4.69, 9.17) is 9.47 Å². The quantitative estimate of drug-likeness (QED) is 0.576. The largest absolute Gasteiger partial charge is 0.497 e. The molecule has 0 aliphatic rings. The Bertz CT molecular complexity index is 708. The van der Waals surface area contributed by atoms with Crippen LogP contribution in [0.15, 0.2) is 42.6 Å². The highest BCUT2D eigenvalue weighted by atomic mass is 16.5. The van der Waals surface area contributed by atoms with Gasteiger partial charge in [0.2, 0.25) is 0 Å². The third-order valence-electron chi connectivity index (χ3n) is 3.00. The minimum absolute atomic E-state index is 0.353. The maximum Gasteiger partial charge on any atom is 0.286 e. The number of benzene rings is 1. The Morgan fingerprint density at radius 2 is 1.96 bits per heavy atom. The average molecular weight is 315 g/mol. The second-order valence-electron chi connectivity index (χ2n) is 4.47. The summed E-state index contributed by atoms with van der Waals surface area (Å²) in [6.07, 6.45) is 4.49. The average Bonchev–Trinajstić information content (AvgIpc) is 3.12. The highest BCUT2D eigenvalue weighted by Gasteiger charge is 2.06. The SMILES string of the molecule is COc1ccc(/C=C/C(=O)NNC(=O)c2ccc[nH]2)c(OC)c1. The molecule has 0 unspecified atom stereocenters. The molecule has 1 heterocycles. The van der Waals surface area contributed by atoms with Crippen LogP contribution in [0.1, 0.15) is 16.1 Å². The van der Waals surface area contributed by atoms with Crippen molar-refractivity contribution in [2.24, 2.45) is 0 Å². The van der Waals surface area contributed by atoms with Gasteiger partial charge in [-0.2, -0.15) is 0 Å². The summed E-state index contributed by atoms with van der Waals surface area (Å²) in [5.74, 6) is 0.326. The van der Waals surface area contributed by atoms with Crippen molar-refractivity contribution < 1.29 is 19.1 Å². The zero-order valence-corrected chi connectivity index (χ0v) is 12.8. The first kappa shape index (κ1) is 16.2. The maximum atomic E-state index is 11.7. The van der Waals surface area contributed by atoms with Crippen LogP contribution in [0, 0.1) is 0 Å². The van der Waals surface area contributed by atoms with E-state index in [1.165, 1.54) is 13.2 Å². The molecular weight excluding hydrogens is 298 g/mol. The van der Waals surface area contributed by atoms with Crippen LogP contribution in [-0.2, 0) is 4.79 Å². The van der Waals surface area contributed by atoms with E-state index in [2.05, 4.69) is 15.8 Å². The van der Waals surface area contributed by atoms with Crippen LogP contribution in [0.25, 0.3) is 6.08 Å². The van der Waals surface area contributed by atoms with Crippen LogP contribution in [0.3, 0.4) is 0 Å². The molecule has 7 heteroatoms. The van der Waals surface area contributed by atoms with Crippen LogP contribution in [-0.4, -0.2) is 31.0 Å². The van der Waals surface area contributed by atoms with E-state index in [0.29, 0.717) is 22.8 Å². The van der Waals surface area contributed by atoms with Gasteiger partial charge in [-0.1, -0.05) is 0 Å². The normalized spacial score (nSPS) is 10.3. The predicted octanol–water partition coefficient (Wildman–Crippen LogP) is 1.51. The summed E-state index contributed by atoms with van der Waals surface area (Å²) in [6, 6.07) is 8.52. The molecule has 0 atom stereocenters. The van der Waals surface area contributed by atoms with E-state index in [9.17, 15) is 9.59 Å². The van der Waals surface area contributed by atoms with Crippen LogP contribution < -0.4 is 20.3 Å². The molecule has 1 aromatic heterocycles. The fourth-order valence-corrected chi connectivity index (χ4v) is 1.82. The molecule has 3 N–H and O–H groups in total. The van der Waals surface area contributed by atoms with Crippen molar-refractivity contribution in [3.63, 3.8) is 0 Å². The van der Waals surface area contributed by atoms with Crippen molar-refractivity contribution >= 4 is 17.9 Å². The second-order valence-corrected chi connectivity index (χ2v) is 4.47. The molecular formula is C16H17N3O4. The Labute approximate surface area is 133 Å². The van der Waals surface area contributed by atoms with Crippen molar-refractivity contribution in [2.75, 3.05) is 14.2 Å². The zero-order valence-electron chi connectivity index (χ0n) is 12.8. The summed E-state index contributed by atoms with van der Waals surface area (Å²) in [7, 11) is 3.09. The zero-order chi connectivity index (χ0) is 16.7. The summed E-state index contributed by atoms with van der Waals surface area (Å²) in [5.41, 5.74) is 5.65. The van der Waals surface area contributed by atoms with Gasteiger partial charge in [-0.3, -0.25) is 20.4 Å². The lowest BCUT2D eigenvalue weighted by atomic mass is 10.1. The Morgan fingerprint density at radius 1 is 1.13 bits per heavy atom. The van der Waals surface area contributed by atoms with Gasteiger partial charge in [-0.25, -0.2) is 0 Å². The lowest BCUT2D eigenvalue weighted by Crippen LogP contribution is -2.40. The molecule has 23 heavy (non-hydrogen) atoms. The highest BCUT2D eigenvalue weighted by Crippen LogP contribution is 2.25. The van der Waals surface area contributed by atoms with E-state index in [0.717, 1.165) is 0 Å². The van der Waals surface area contributed by atoms with Gasteiger partial charge in [-0.05, 0) is 30.3 Å². The molecule has 0 saturated heterocycles. The number of hydrogen-bond acceptors (Lipinski definition) is 4. The van der Waals surface area contributed by atoms with Crippen molar-refractivity contribution in [1.29, 1.82) is 0 Å². The van der Waals surface area contributed by atoms with Gasteiger partial charge in [0.05, 0.1) is 14.2 Å². The molecule has 120 valence electrons. The Morgan fingerprint density at radius 3 is 2.61 bits per heavy atom. The summed E-state index contributed by atoms with van der Waals surface area (Å²) >= 11 is 0. The number of carbonyl (C=O) groups is 2. The fraction of sp³-hybridized carbons (Fsp3) is 0.125. The molecule has 0 saturated carbocycles. The van der Waals surface area contributed by atoms with E-state index < -0.39 is 11.8 Å². The third kappa shape index (κ3) is 4.37. The topological polar surface area (TPSA) is 92.5 Å². The number of aromatic amines is 1. The molecule has 0 bridgehead atoms. The molecule has 2 aromatic rings. The van der Waals surface area contributed by atoms with Gasteiger partial charge in [0.1, 0.15) is 17.2 Å².